The Morgan fingerprint density at radius 2 is 1.81 bits per heavy atom. The summed E-state index contributed by atoms with van der Waals surface area (Å²) in [5, 5.41) is 8.04. The zero-order valence-electron chi connectivity index (χ0n) is 12.5. The minimum absolute atomic E-state index is 0.943. The van der Waals surface area contributed by atoms with E-state index in [0.29, 0.717) is 0 Å². The first-order chi connectivity index (χ1) is 10.1. The number of nitrogens with zero attached hydrogens (tertiary/aromatic N) is 3. The number of aryl methyl sites for hydroxylation is 3. The van der Waals surface area contributed by atoms with Crippen LogP contribution in [0.4, 0.5) is 11.5 Å². The highest BCUT2D eigenvalue weighted by atomic mass is 15.3. The van der Waals surface area contributed by atoms with Crippen molar-refractivity contribution in [3.8, 4) is 5.69 Å². The lowest BCUT2D eigenvalue weighted by molar-refractivity contribution is 0.856. The summed E-state index contributed by atoms with van der Waals surface area (Å²) < 4.78 is 1.91. The highest BCUT2D eigenvalue weighted by molar-refractivity contribution is 5.62. The Morgan fingerprint density at radius 3 is 2.57 bits per heavy atom. The molecule has 0 amide bonds. The van der Waals surface area contributed by atoms with Gasteiger partial charge in [-0.1, -0.05) is 18.2 Å². The molecule has 0 aliphatic heterocycles. The summed E-state index contributed by atoms with van der Waals surface area (Å²) in [6, 6.07) is 12.2. The van der Waals surface area contributed by atoms with Crippen LogP contribution in [0.25, 0.3) is 5.69 Å². The van der Waals surface area contributed by atoms with Gasteiger partial charge < -0.3 is 5.32 Å². The second kappa shape index (κ2) is 5.40. The quantitative estimate of drug-likeness (QED) is 0.789. The molecule has 2 aromatic heterocycles. The first-order valence-corrected chi connectivity index (χ1v) is 6.95. The largest absolute Gasteiger partial charge is 0.340 e. The van der Waals surface area contributed by atoms with Crippen LogP contribution in [-0.4, -0.2) is 14.8 Å². The fourth-order valence-corrected chi connectivity index (χ4v) is 2.30. The van der Waals surface area contributed by atoms with Gasteiger partial charge in [0.05, 0.1) is 17.6 Å². The smallest absolute Gasteiger partial charge is 0.134 e. The number of pyridine rings is 1. The molecule has 0 spiro atoms. The van der Waals surface area contributed by atoms with Gasteiger partial charge in [0.2, 0.25) is 0 Å². The Balaban J connectivity index is 2.05. The van der Waals surface area contributed by atoms with Gasteiger partial charge >= 0.3 is 0 Å². The van der Waals surface area contributed by atoms with Crippen LogP contribution in [0.3, 0.4) is 0 Å². The fraction of sp³-hybridized carbons (Fsp3) is 0.176. The Hall–Kier alpha value is -2.62. The third kappa shape index (κ3) is 2.65. The number of hydrogen-bond donors (Lipinski definition) is 1. The molecule has 0 radical (unpaired) electrons. The van der Waals surface area contributed by atoms with Crippen LogP contribution in [0.1, 0.15) is 16.8 Å². The predicted octanol–water partition coefficient (Wildman–Crippen LogP) is 3.94. The van der Waals surface area contributed by atoms with Crippen LogP contribution in [0.15, 0.2) is 48.8 Å². The topological polar surface area (TPSA) is 42.7 Å². The summed E-state index contributed by atoms with van der Waals surface area (Å²) >= 11 is 0. The number of benzene rings is 1. The second-order valence-corrected chi connectivity index (χ2v) is 5.18. The minimum atomic E-state index is 0.943. The van der Waals surface area contributed by atoms with Gasteiger partial charge in [0.15, 0.2) is 0 Å². The zero-order chi connectivity index (χ0) is 14.8. The Morgan fingerprint density at radius 1 is 1.00 bits per heavy atom. The highest BCUT2D eigenvalue weighted by Crippen LogP contribution is 2.24. The summed E-state index contributed by atoms with van der Waals surface area (Å²) in [7, 11) is 0. The van der Waals surface area contributed by atoms with Crippen molar-refractivity contribution in [2.24, 2.45) is 0 Å². The van der Waals surface area contributed by atoms with Gasteiger partial charge in [0.1, 0.15) is 5.82 Å². The summed E-state index contributed by atoms with van der Waals surface area (Å²) in [5.41, 5.74) is 5.38. The van der Waals surface area contributed by atoms with Gasteiger partial charge in [-0.15, -0.1) is 0 Å². The monoisotopic (exact) mass is 278 g/mol. The Labute approximate surface area is 124 Å². The SMILES string of the molecule is Cc1cc(Nc2ccccc2C)n(-c2cnccc2C)n1. The molecule has 3 aromatic rings. The van der Waals surface area contributed by atoms with Gasteiger partial charge in [-0.05, 0) is 44.0 Å². The molecule has 0 unspecified atom stereocenters. The zero-order valence-corrected chi connectivity index (χ0v) is 12.5. The fourth-order valence-electron chi connectivity index (χ4n) is 2.30. The van der Waals surface area contributed by atoms with Crippen molar-refractivity contribution in [3.63, 3.8) is 0 Å². The molecule has 4 nitrogen and oxygen atoms in total. The van der Waals surface area contributed by atoms with Crippen LogP contribution in [-0.2, 0) is 0 Å². The molecule has 3 rings (SSSR count). The van der Waals surface area contributed by atoms with E-state index in [1.807, 2.05) is 42.1 Å². The van der Waals surface area contributed by atoms with Crippen molar-refractivity contribution in [2.75, 3.05) is 5.32 Å². The van der Waals surface area contributed by atoms with Crippen LogP contribution in [0, 0.1) is 20.8 Å². The summed E-state index contributed by atoms with van der Waals surface area (Å²) in [6.07, 6.45) is 3.63. The van der Waals surface area contributed by atoms with Crippen molar-refractivity contribution in [2.45, 2.75) is 20.8 Å². The van der Waals surface area contributed by atoms with Crippen molar-refractivity contribution in [3.05, 3.63) is 65.6 Å². The van der Waals surface area contributed by atoms with Crippen LogP contribution in [0.5, 0.6) is 0 Å². The lowest BCUT2D eigenvalue weighted by atomic mass is 10.2. The van der Waals surface area contributed by atoms with E-state index in [0.717, 1.165) is 28.5 Å². The van der Waals surface area contributed by atoms with Crippen molar-refractivity contribution < 1.29 is 0 Å². The molecule has 4 heteroatoms. The molecular weight excluding hydrogens is 260 g/mol. The molecule has 0 bridgehead atoms. The molecule has 0 fully saturated rings. The maximum absolute atomic E-state index is 4.58. The molecule has 106 valence electrons. The number of hydrogen-bond acceptors (Lipinski definition) is 3. The predicted molar refractivity (Wildman–Crippen MR) is 85.3 cm³/mol. The Bertz CT molecular complexity index is 774. The van der Waals surface area contributed by atoms with Gasteiger partial charge in [-0.3, -0.25) is 4.98 Å². The first kappa shape index (κ1) is 13.4. The molecule has 2 heterocycles. The highest BCUT2D eigenvalue weighted by Gasteiger charge is 2.10. The number of para-hydroxylation sites is 1. The lowest BCUT2D eigenvalue weighted by Crippen LogP contribution is -2.05. The van der Waals surface area contributed by atoms with Gasteiger partial charge in [0.25, 0.3) is 0 Å². The molecular formula is C17H18N4. The maximum atomic E-state index is 4.58. The summed E-state index contributed by atoms with van der Waals surface area (Å²) in [4.78, 5) is 4.21. The number of aromatic nitrogens is 3. The average Bonchev–Trinajstić information content (AvgIpc) is 2.82. The Kier molecular flexibility index (Phi) is 3.44. The van der Waals surface area contributed by atoms with Crippen LogP contribution >= 0.6 is 0 Å². The number of anilines is 2. The first-order valence-electron chi connectivity index (χ1n) is 6.95. The van der Waals surface area contributed by atoms with Crippen molar-refractivity contribution >= 4 is 11.5 Å². The van der Waals surface area contributed by atoms with E-state index in [-0.39, 0.29) is 0 Å². The molecule has 21 heavy (non-hydrogen) atoms. The molecule has 0 saturated carbocycles. The van der Waals surface area contributed by atoms with E-state index in [1.54, 1.807) is 6.20 Å². The van der Waals surface area contributed by atoms with Crippen molar-refractivity contribution in [1.82, 2.24) is 14.8 Å². The third-order valence-corrected chi connectivity index (χ3v) is 3.48. The molecule has 0 aliphatic rings. The normalized spacial score (nSPS) is 10.6. The van der Waals surface area contributed by atoms with Crippen LogP contribution < -0.4 is 5.32 Å². The van der Waals surface area contributed by atoms with E-state index in [2.05, 4.69) is 41.4 Å². The minimum Gasteiger partial charge on any atom is -0.340 e. The molecule has 0 aliphatic carbocycles. The average molecular weight is 278 g/mol. The van der Waals surface area contributed by atoms with E-state index in [9.17, 15) is 0 Å². The second-order valence-electron chi connectivity index (χ2n) is 5.18. The third-order valence-electron chi connectivity index (χ3n) is 3.48. The van der Waals surface area contributed by atoms with Crippen molar-refractivity contribution in [1.29, 1.82) is 0 Å². The van der Waals surface area contributed by atoms with Gasteiger partial charge in [-0.25, -0.2) is 4.68 Å². The lowest BCUT2D eigenvalue weighted by Gasteiger charge is -2.12. The van der Waals surface area contributed by atoms with E-state index in [1.165, 1.54) is 5.56 Å². The molecule has 1 aromatic carbocycles. The molecule has 1 N–H and O–H groups in total. The van der Waals surface area contributed by atoms with E-state index in [4.69, 9.17) is 0 Å². The molecule has 0 saturated heterocycles. The summed E-state index contributed by atoms with van der Waals surface area (Å²) in [5.74, 6) is 0.943. The van der Waals surface area contributed by atoms with Crippen LogP contribution in [0.2, 0.25) is 0 Å². The standard InChI is InChI=1S/C17H18N4/c1-12-6-4-5-7-15(12)19-17-10-14(3)20-21(17)16-11-18-9-8-13(16)2/h4-11,19H,1-3H3. The van der Waals surface area contributed by atoms with E-state index >= 15 is 0 Å². The summed E-state index contributed by atoms with van der Waals surface area (Å²) in [6.45, 7) is 6.14. The maximum Gasteiger partial charge on any atom is 0.134 e. The number of nitrogens with one attached hydrogen (secondary N) is 1. The van der Waals surface area contributed by atoms with Gasteiger partial charge in [0, 0.05) is 18.0 Å². The number of rotatable bonds is 3. The van der Waals surface area contributed by atoms with E-state index < -0.39 is 0 Å². The molecule has 0 atom stereocenters. The van der Waals surface area contributed by atoms with Gasteiger partial charge in [-0.2, -0.15) is 5.10 Å².